The molecule has 3 rings (SSSR count). The molecule has 2 saturated heterocycles. The van der Waals surface area contributed by atoms with Crippen LogP contribution in [-0.2, 0) is 14.3 Å². The van der Waals surface area contributed by atoms with E-state index in [4.69, 9.17) is 4.74 Å². The van der Waals surface area contributed by atoms with Crippen LogP contribution < -0.4 is 15.5 Å². The molecule has 26 heavy (non-hydrogen) atoms. The predicted molar refractivity (Wildman–Crippen MR) is 101 cm³/mol. The topological polar surface area (TPSA) is 70.7 Å². The van der Waals surface area contributed by atoms with Crippen molar-refractivity contribution < 1.29 is 14.3 Å². The number of rotatable bonds is 6. The Kier molecular flexibility index (Phi) is 5.94. The zero-order valence-corrected chi connectivity index (χ0v) is 15.7. The van der Waals surface area contributed by atoms with Crippen LogP contribution in [-0.4, -0.2) is 45.2 Å². The first-order valence-electron chi connectivity index (χ1n) is 9.47. The van der Waals surface area contributed by atoms with Crippen molar-refractivity contribution >= 4 is 17.5 Å². The third kappa shape index (κ3) is 3.91. The van der Waals surface area contributed by atoms with Crippen LogP contribution in [0.25, 0.3) is 0 Å². The second kappa shape index (κ2) is 8.18. The average molecular weight is 359 g/mol. The highest BCUT2D eigenvalue weighted by molar-refractivity contribution is 5.95. The summed E-state index contributed by atoms with van der Waals surface area (Å²) in [6, 6.07) is 7.80. The second-order valence-electron chi connectivity index (χ2n) is 7.40. The first-order valence-corrected chi connectivity index (χ1v) is 9.47. The van der Waals surface area contributed by atoms with Crippen LogP contribution in [0.15, 0.2) is 24.3 Å². The fourth-order valence-corrected chi connectivity index (χ4v) is 3.93. The van der Waals surface area contributed by atoms with Crippen LogP contribution in [0.3, 0.4) is 0 Å². The standard InChI is InChI=1S/C20H29N3O3/c1-15(22-19(25)20(14-26-2)8-10-21-11-9-20)16-5-3-6-17(13-16)23-12-4-7-18(23)24/h3,5-6,13,15,21H,4,7-12,14H2,1-2H3,(H,22,25). The Bertz CT molecular complexity index is 650. The smallest absolute Gasteiger partial charge is 0.229 e. The van der Waals surface area contributed by atoms with Gasteiger partial charge in [0.05, 0.1) is 18.1 Å². The van der Waals surface area contributed by atoms with Gasteiger partial charge in [0.25, 0.3) is 0 Å². The fraction of sp³-hybridized carbons (Fsp3) is 0.600. The number of nitrogens with zero attached hydrogens (tertiary/aromatic N) is 1. The normalized spacial score (nSPS) is 20.8. The minimum atomic E-state index is -0.462. The predicted octanol–water partition coefficient (Wildman–Crippen LogP) is 2.01. The van der Waals surface area contributed by atoms with E-state index in [1.807, 2.05) is 36.1 Å². The van der Waals surface area contributed by atoms with E-state index >= 15 is 0 Å². The van der Waals surface area contributed by atoms with Gasteiger partial charge in [-0.15, -0.1) is 0 Å². The van der Waals surface area contributed by atoms with Gasteiger partial charge in [0.15, 0.2) is 0 Å². The Balaban J connectivity index is 1.71. The molecule has 0 aliphatic carbocycles. The number of benzene rings is 1. The van der Waals surface area contributed by atoms with E-state index in [-0.39, 0.29) is 17.9 Å². The number of carbonyl (C=O) groups is 2. The number of hydrogen-bond donors (Lipinski definition) is 2. The molecule has 0 saturated carbocycles. The molecule has 0 spiro atoms. The second-order valence-corrected chi connectivity index (χ2v) is 7.40. The summed E-state index contributed by atoms with van der Waals surface area (Å²) in [4.78, 5) is 26.8. The molecule has 6 nitrogen and oxygen atoms in total. The summed E-state index contributed by atoms with van der Waals surface area (Å²) in [7, 11) is 1.65. The number of hydrogen-bond acceptors (Lipinski definition) is 4. The van der Waals surface area contributed by atoms with Crippen LogP contribution in [0.4, 0.5) is 5.69 Å². The van der Waals surface area contributed by atoms with Gasteiger partial charge in [-0.05, 0) is 57.0 Å². The van der Waals surface area contributed by atoms with Crippen molar-refractivity contribution in [1.29, 1.82) is 0 Å². The van der Waals surface area contributed by atoms with Crippen molar-refractivity contribution in [3.05, 3.63) is 29.8 Å². The van der Waals surface area contributed by atoms with Crippen molar-refractivity contribution in [3.8, 4) is 0 Å². The third-order valence-corrected chi connectivity index (χ3v) is 5.57. The van der Waals surface area contributed by atoms with Gasteiger partial charge in [-0.2, -0.15) is 0 Å². The molecule has 2 N–H and O–H groups in total. The third-order valence-electron chi connectivity index (χ3n) is 5.57. The average Bonchev–Trinajstić information content (AvgIpc) is 3.09. The number of nitrogens with one attached hydrogen (secondary N) is 2. The van der Waals surface area contributed by atoms with E-state index in [1.54, 1.807) is 7.11 Å². The Morgan fingerprint density at radius 3 is 2.81 bits per heavy atom. The first kappa shape index (κ1) is 18.9. The summed E-state index contributed by atoms with van der Waals surface area (Å²) in [5, 5.41) is 6.48. The summed E-state index contributed by atoms with van der Waals surface area (Å²) in [5.41, 5.74) is 1.47. The lowest BCUT2D eigenvalue weighted by Crippen LogP contribution is -2.50. The molecule has 1 atom stereocenters. The van der Waals surface area contributed by atoms with Crippen molar-refractivity contribution in [3.63, 3.8) is 0 Å². The molecule has 1 aromatic carbocycles. The van der Waals surface area contributed by atoms with Crippen molar-refractivity contribution in [1.82, 2.24) is 10.6 Å². The number of amides is 2. The molecule has 1 unspecified atom stereocenters. The highest BCUT2D eigenvalue weighted by Crippen LogP contribution is 2.31. The van der Waals surface area contributed by atoms with Gasteiger partial charge < -0.3 is 20.3 Å². The first-order chi connectivity index (χ1) is 12.6. The minimum Gasteiger partial charge on any atom is -0.384 e. The molecule has 2 heterocycles. The van der Waals surface area contributed by atoms with Crippen LogP contribution in [0, 0.1) is 5.41 Å². The van der Waals surface area contributed by atoms with Gasteiger partial charge in [0.2, 0.25) is 11.8 Å². The molecule has 2 amide bonds. The number of carbonyl (C=O) groups excluding carboxylic acids is 2. The van der Waals surface area contributed by atoms with E-state index in [0.717, 1.165) is 50.1 Å². The fourth-order valence-electron chi connectivity index (χ4n) is 3.93. The summed E-state index contributed by atoms with van der Waals surface area (Å²) in [6.45, 7) is 4.86. The largest absolute Gasteiger partial charge is 0.384 e. The van der Waals surface area contributed by atoms with Crippen molar-refractivity contribution in [2.24, 2.45) is 5.41 Å². The number of anilines is 1. The molecule has 2 aliphatic heterocycles. The van der Waals surface area contributed by atoms with Gasteiger partial charge in [-0.3, -0.25) is 9.59 Å². The Morgan fingerprint density at radius 2 is 2.15 bits per heavy atom. The number of ether oxygens (including phenoxy) is 1. The quantitative estimate of drug-likeness (QED) is 0.815. The molecule has 2 fully saturated rings. The summed E-state index contributed by atoms with van der Waals surface area (Å²) in [6.07, 6.45) is 3.08. The van der Waals surface area contributed by atoms with Crippen LogP contribution in [0.5, 0.6) is 0 Å². The lowest BCUT2D eigenvalue weighted by atomic mass is 9.78. The SMILES string of the molecule is COCC1(C(=O)NC(C)c2cccc(N3CCCC3=O)c2)CCNCC1. The van der Waals surface area contributed by atoms with Crippen LogP contribution in [0.1, 0.15) is 44.2 Å². The lowest BCUT2D eigenvalue weighted by molar-refractivity contribution is -0.136. The molecule has 2 aliphatic rings. The van der Waals surface area contributed by atoms with Crippen molar-refractivity contribution in [2.45, 2.75) is 38.6 Å². The Hall–Kier alpha value is -1.92. The zero-order chi connectivity index (χ0) is 18.6. The molecular weight excluding hydrogens is 330 g/mol. The number of piperidine rings is 1. The summed E-state index contributed by atoms with van der Waals surface area (Å²) in [5.74, 6) is 0.226. The van der Waals surface area contributed by atoms with E-state index in [9.17, 15) is 9.59 Å². The molecule has 142 valence electrons. The van der Waals surface area contributed by atoms with Crippen LogP contribution >= 0.6 is 0 Å². The maximum Gasteiger partial charge on any atom is 0.229 e. The molecule has 0 aromatic heterocycles. The maximum atomic E-state index is 13.0. The van der Waals surface area contributed by atoms with E-state index in [2.05, 4.69) is 10.6 Å². The molecule has 0 radical (unpaired) electrons. The molecule has 6 heteroatoms. The molecule has 1 aromatic rings. The molecule has 0 bridgehead atoms. The van der Waals surface area contributed by atoms with Gasteiger partial charge >= 0.3 is 0 Å². The molecular formula is C20H29N3O3. The van der Waals surface area contributed by atoms with Gasteiger partial charge in [-0.25, -0.2) is 0 Å². The lowest BCUT2D eigenvalue weighted by Gasteiger charge is -2.36. The summed E-state index contributed by atoms with van der Waals surface area (Å²) >= 11 is 0. The van der Waals surface area contributed by atoms with E-state index in [1.165, 1.54) is 0 Å². The van der Waals surface area contributed by atoms with E-state index < -0.39 is 5.41 Å². The van der Waals surface area contributed by atoms with Gasteiger partial charge in [0.1, 0.15) is 0 Å². The number of methoxy groups -OCH3 is 1. The van der Waals surface area contributed by atoms with Crippen LogP contribution in [0.2, 0.25) is 0 Å². The zero-order valence-electron chi connectivity index (χ0n) is 15.7. The van der Waals surface area contributed by atoms with Gasteiger partial charge in [0, 0.05) is 25.8 Å². The minimum absolute atomic E-state index is 0.0519. The summed E-state index contributed by atoms with van der Waals surface area (Å²) < 4.78 is 5.36. The highest BCUT2D eigenvalue weighted by Gasteiger charge is 2.40. The monoisotopic (exact) mass is 359 g/mol. The highest BCUT2D eigenvalue weighted by atomic mass is 16.5. The maximum absolute atomic E-state index is 13.0. The van der Waals surface area contributed by atoms with Gasteiger partial charge in [-0.1, -0.05) is 12.1 Å². The van der Waals surface area contributed by atoms with Crippen molar-refractivity contribution in [2.75, 3.05) is 38.3 Å². The van der Waals surface area contributed by atoms with E-state index in [0.29, 0.717) is 13.0 Å². The Labute approximate surface area is 155 Å². The Morgan fingerprint density at radius 1 is 1.38 bits per heavy atom.